The Hall–Kier alpha value is -2.46. The van der Waals surface area contributed by atoms with Gasteiger partial charge in [-0.1, -0.05) is 0 Å². The van der Waals surface area contributed by atoms with E-state index in [0.717, 1.165) is 0 Å². The van der Waals surface area contributed by atoms with E-state index in [1.165, 1.54) is 0 Å². The zero-order valence-electron chi connectivity index (χ0n) is 9.49. The van der Waals surface area contributed by atoms with E-state index in [4.69, 9.17) is 0 Å². The predicted octanol–water partition coefficient (Wildman–Crippen LogP) is 3.99. The molecule has 0 aromatic heterocycles. The number of allylic oxidation sites excluding steroid dienone is 2. The third-order valence-electron chi connectivity index (χ3n) is 1.21. The van der Waals surface area contributed by atoms with Crippen molar-refractivity contribution in [3.05, 3.63) is 23.6 Å². The van der Waals surface area contributed by atoms with Crippen LogP contribution in [0.1, 0.15) is 0 Å². The van der Waals surface area contributed by atoms with Gasteiger partial charge in [0, 0.05) is 0 Å². The van der Waals surface area contributed by atoms with Crippen LogP contribution in [0.5, 0.6) is 0 Å². The van der Waals surface area contributed by atoms with Gasteiger partial charge in [-0.2, -0.15) is 53.9 Å². The highest BCUT2D eigenvalue weighted by Gasteiger charge is 2.39. The molecule has 0 atom stereocenters. The van der Waals surface area contributed by atoms with E-state index in [1.807, 2.05) is 0 Å². The summed E-state index contributed by atoms with van der Waals surface area (Å²) in [4.78, 5) is 22.0. The van der Waals surface area contributed by atoms with E-state index in [9.17, 15) is 53.5 Å². The molecule has 0 aliphatic rings. The molecule has 0 saturated heterocycles. The van der Waals surface area contributed by atoms with Crippen LogP contribution in [-0.4, -0.2) is 24.5 Å². The highest BCUT2D eigenvalue weighted by molar-refractivity contribution is 5.38. The van der Waals surface area contributed by atoms with E-state index >= 15 is 0 Å². The topological polar surface area (TPSA) is 58.9 Å². The van der Waals surface area contributed by atoms with Gasteiger partial charge in [0.25, 0.3) is 0 Å². The molecular weight excluding hydrogens is 346 g/mol. The van der Waals surface area contributed by atoms with Crippen LogP contribution in [0.15, 0.2) is 33.5 Å². The zero-order valence-corrected chi connectivity index (χ0v) is 9.49. The Morgan fingerprint density at radius 3 is 0.909 bits per heavy atom. The number of halogens is 10. The molecule has 14 heteroatoms. The van der Waals surface area contributed by atoms with Crippen molar-refractivity contribution in [2.45, 2.75) is 12.4 Å². The summed E-state index contributed by atoms with van der Waals surface area (Å²) in [7, 11) is 0. The van der Waals surface area contributed by atoms with Gasteiger partial charge in [0.1, 0.15) is 0 Å². The quantitative estimate of drug-likeness (QED) is 0.431. The smallest absolute Gasteiger partial charge is 0.211 e. The third-order valence-corrected chi connectivity index (χ3v) is 1.21. The Kier molecular flexibility index (Phi) is 8.68. The summed E-state index contributed by atoms with van der Waals surface area (Å²) in [6.45, 7) is 0. The minimum Gasteiger partial charge on any atom is -0.211 e. The summed E-state index contributed by atoms with van der Waals surface area (Å²) in [6.07, 6.45) is -16.0. The van der Waals surface area contributed by atoms with Gasteiger partial charge in [0.2, 0.25) is 23.6 Å². The number of hydrogen-bond acceptors (Lipinski definition) is 4. The molecular formula is C8F10N2O2. The standard InChI is InChI=1S/2C4F5NO/c2*5-3(6)2(10-1-11)4(7,8)9. The van der Waals surface area contributed by atoms with Crippen LogP contribution in [0, 0.1) is 0 Å². The summed E-state index contributed by atoms with van der Waals surface area (Å²) in [6, 6.07) is 0. The lowest BCUT2D eigenvalue weighted by molar-refractivity contribution is -0.0968. The van der Waals surface area contributed by atoms with Gasteiger partial charge in [-0.3, -0.25) is 0 Å². The minimum absolute atomic E-state index is 0.373. The van der Waals surface area contributed by atoms with Gasteiger partial charge in [-0.15, -0.1) is 0 Å². The number of nitrogens with zero attached hydrogens (tertiary/aromatic N) is 2. The second-order valence-corrected chi connectivity index (χ2v) is 2.62. The number of aliphatic imine (C=N–C) groups is 2. The highest BCUT2D eigenvalue weighted by atomic mass is 19.4. The molecule has 0 fully saturated rings. The van der Waals surface area contributed by atoms with Crippen molar-refractivity contribution < 1.29 is 53.5 Å². The van der Waals surface area contributed by atoms with Crippen molar-refractivity contribution >= 4 is 12.2 Å². The van der Waals surface area contributed by atoms with Gasteiger partial charge in [-0.05, 0) is 0 Å². The van der Waals surface area contributed by atoms with Crippen molar-refractivity contribution in [3.8, 4) is 0 Å². The predicted molar refractivity (Wildman–Crippen MR) is 46.8 cm³/mol. The molecule has 22 heavy (non-hydrogen) atoms. The van der Waals surface area contributed by atoms with Crippen LogP contribution in [0.2, 0.25) is 0 Å². The van der Waals surface area contributed by atoms with Gasteiger partial charge in [-0.25, -0.2) is 9.59 Å². The van der Waals surface area contributed by atoms with E-state index in [0.29, 0.717) is 12.2 Å². The molecule has 0 unspecified atom stereocenters. The van der Waals surface area contributed by atoms with Gasteiger partial charge in [0.05, 0.1) is 0 Å². The molecule has 0 rings (SSSR count). The Morgan fingerprint density at radius 2 is 0.864 bits per heavy atom. The van der Waals surface area contributed by atoms with Crippen LogP contribution in [0.4, 0.5) is 43.9 Å². The number of rotatable bonds is 2. The van der Waals surface area contributed by atoms with Crippen LogP contribution < -0.4 is 0 Å². The third kappa shape index (κ3) is 8.66. The second-order valence-electron chi connectivity index (χ2n) is 2.62. The Morgan fingerprint density at radius 1 is 0.636 bits per heavy atom. The fourth-order valence-electron chi connectivity index (χ4n) is 0.517. The molecule has 124 valence electrons. The Balaban J connectivity index is 0. The fraction of sp³-hybridized carbons (Fsp3) is 0.250. The average Bonchev–Trinajstić information content (AvgIpc) is 2.30. The van der Waals surface area contributed by atoms with E-state index in [2.05, 4.69) is 0 Å². The van der Waals surface area contributed by atoms with Crippen molar-refractivity contribution in [1.29, 1.82) is 0 Å². The first kappa shape index (κ1) is 21.8. The van der Waals surface area contributed by atoms with Gasteiger partial charge < -0.3 is 0 Å². The van der Waals surface area contributed by atoms with Crippen molar-refractivity contribution in [2.24, 2.45) is 9.98 Å². The molecule has 0 N–H and O–H groups in total. The maximum atomic E-state index is 11.3. The minimum atomic E-state index is -5.31. The molecule has 0 aliphatic heterocycles. The number of alkyl halides is 6. The Bertz CT molecular complexity index is 488. The molecule has 0 bridgehead atoms. The Labute approximate surface area is 113 Å². The summed E-state index contributed by atoms with van der Waals surface area (Å²) in [5.41, 5.74) is -5.01. The first-order valence-electron chi connectivity index (χ1n) is 4.19. The normalized spacial score (nSPS) is 10.3. The van der Waals surface area contributed by atoms with Crippen LogP contribution in [0.3, 0.4) is 0 Å². The lowest BCUT2D eigenvalue weighted by Crippen LogP contribution is -2.10. The first-order valence-corrected chi connectivity index (χ1v) is 4.19. The molecule has 0 aliphatic carbocycles. The highest BCUT2D eigenvalue weighted by Crippen LogP contribution is 2.30. The average molecular weight is 346 g/mol. The number of isocyanates is 2. The summed E-state index contributed by atoms with van der Waals surface area (Å²) in [5, 5.41) is 0. The molecule has 0 aromatic rings. The van der Waals surface area contributed by atoms with E-state index in [1.54, 1.807) is 9.98 Å². The fourth-order valence-corrected chi connectivity index (χ4v) is 0.517. The molecule has 0 saturated carbocycles. The van der Waals surface area contributed by atoms with Gasteiger partial charge in [0.15, 0.2) is 0 Å². The molecule has 0 spiro atoms. The summed E-state index contributed by atoms with van der Waals surface area (Å²) in [5.74, 6) is 0. The molecule has 0 aromatic carbocycles. The molecule has 0 radical (unpaired) electrons. The van der Waals surface area contributed by atoms with Crippen LogP contribution in [0.25, 0.3) is 0 Å². The SMILES string of the molecule is O=C=NC(=C(F)F)C(F)(F)F.O=C=NC(=C(F)F)C(F)(F)F. The maximum Gasteiger partial charge on any atom is 0.439 e. The van der Waals surface area contributed by atoms with Gasteiger partial charge >= 0.3 is 24.5 Å². The summed E-state index contributed by atoms with van der Waals surface area (Å²) >= 11 is 0. The van der Waals surface area contributed by atoms with Crippen molar-refractivity contribution in [2.75, 3.05) is 0 Å². The van der Waals surface area contributed by atoms with Crippen molar-refractivity contribution in [3.63, 3.8) is 0 Å². The van der Waals surface area contributed by atoms with E-state index < -0.39 is 35.9 Å². The molecule has 0 heterocycles. The molecule has 4 nitrogen and oxygen atoms in total. The summed E-state index contributed by atoms with van der Waals surface area (Å²) < 4.78 is 113. The van der Waals surface area contributed by atoms with Crippen LogP contribution in [-0.2, 0) is 9.59 Å². The number of carbonyl (C=O) groups excluding carboxylic acids is 2. The lowest BCUT2D eigenvalue weighted by atomic mass is 10.5. The maximum absolute atomic E-state index is 11.3. The monoisotopic (exact) mass is 346 g/mol. The van der Waals surface area contributed by atoms with E-state index in [-0.39, 0.29) is 0 Å². The van der Waals surface area contributed by atoms with Crippen LogP contribution >= 0.6 is 0 Å². The second kappa shape index (κ2) is 8.74. The lowest BCUT2D eigenvalue weighted by Gasteiger charge is -2.01. The molecule has 0 amide bonds. The van der Waals surface area contributed by atoms with Crippen molar-refractivity contribution in [1.82, 2.24) is 0 Å². The first-order chi connectivity index (χ1) is 9.78. The number of hydrogen-bond donors (Lipinski definition) is 0. The largest absolute Gasteiger partial charge is 0.439 e. The zero-order chi connectivity index (χ0) is 18.1.